The average molecular weight is 730 g/mol. The van der Waals surface area contributed by atoms with Crippen LogP contribution in [0.1, 0.15) is 25.1 Å². The standard InChI is InChI=1S/C36H36ClN7O4S2/c1-36(2,22-49-3)31-19-33(44(42-31)24-12-14-28(46)27(37)18-24)39-35(47)38-20-23-8-4-7-11-30(23)50-25-13-15-32-40-41-34(43(32)21-25)26-9-5-6-10-29(26)48-17-16-45/h4-15,18-19,21,45-46H,16-17,20,22H2,1-3H3,(H2,38,39,47). The Morgan fingerprint density at radius 1 is 1.02 bits per heavy atom. The molecule has 0 aliphatic heterocycles. The monoisotopic (exact) mass is 729 g/mol. The number of pyridine rings is 1. The molecule has 4 N–H and O–H groups in total. The molecule has 11 nitrogen and oxygen atoms in total. The lowest BCUT2D eigenvalue weighted by Crippen LogP contribution is -2.29. The summed E-state index contributed by atoms with van der Waals surface area (Å²) in [6.45, 7) is 4.56. The van der Waals surface area contributed by atoms with E-state index in [1.54, 1.807) is 40.3 Å². The molecule has 258 valence electrons. The molecule has 0 radical (unpaired) electrons. The van der Waals surface area contributed by atoms with Crippen molar-refractivity contribution < 1.29 is 19.7 Å². The molecule has 50 heavy (non-hydrogen) atoms. The first-order chi connectivity index (χ1) is 24.2. The maximum absolute atomic E-state index is 13.3. The van der Waals surface area contributed by atoms with Crippen LogP contribution in [0.5, 0.6) is 11.5 Å². The van der Waals surface area contributed by atoms with Crippen LogP contribution in [0.3, 0.4) is 0 Å². The summed E-state index contributed by atoms with van der Waals surface area (Å²) in [5.74, 6) is 2.50. The summed E-state index contributed by atoms with van der Waals surface area (Å²) in [6.07, 6.45) is 4.02. The maximum Gasteiger partial charge on any atom is 0.320 e. The predicted octanol–water partition coefficient (Wildman–Crippen LogP) is 7.43. The van der Waals surface area contributed by atoms with Gasteiger partial charge < -0.3 is 20.3 Å². The van der Waals surface area contributed by atoms with E-state index < -0.39 is 6.03 Å². The quantitative estimate of drug-likeness (QED) is 0.0956. The highest BCUT2D eigenvalue weighted by molar-refractivity contribution is 7.99. The first kappa shape index (κ1) is 35.1. The topological polar surface area (TPSA) is 139 Å². The number of carbonyl (C=O) groups is 1. The van der Waals surface area contributed by atoms with Gasteiger partial charge in [-0.3, -0.25) is 9.72 Å². The third kappa shape index (κ3) is 7.86. The molecule has 0 unspecified atom stereocenters. The number of urea groups is 1. The Bertz CT molecular complexity index is 2140. The summed E-state index contributed by atoms with van der Waals surface area (Å²) in [4.78, 5) is 15.3. The number of amides is 2. The second kappa shape index (κ2) is 15.5. The number of benzene rings is 3. The van der Waals surface area contributed by atoms with Gasteiger partial charge in [0, 0.05) is 39.8 Å². The van der Waals surface area contributed by atoms with Gasteiger partial charge in [0.2, 0.25) is 0 Å². The van der Waals surface area contributed by atoms with E-state index in [-0.39, 0.29) is 35.9 Å². The molecule has 3 heterocycles. The van der Waals surface area contributed by atoms with E-state index in [2.05, 4.69) is 34.7 Å². The van der Waals surface area contributed by atoms with Crippen LogP contribution in [0.2, 0.25) is 5.02 Å². The van der Waals surface area contributed by atoms with E-state index in [0.717, 1.165) is 32.4 Å². The Morgan fingerprint density at radius 2 is 1.82 bits per heavy atom. The lowest BCUT2D eigenvalue weighted by Gasteiger charge is -2.20. The van der Waals surface area contributed by atoms with E-state index in [4.69, 9.17) is 21.4 Å². The number of nitrogens with zero attached hydrogens (tertiary/aromatic N) is 5. The molecule has 0 aliphatic rings. The molecule has 6 aromatic rings. The number of hydrogen-bond acceptors (Lipinski definition) is 9. The molecule has 0 aliphatic carbocycles. The van der Waals surface area contributed by atoms with Gasteiger partial charge in [-0.2, -0.15) is 16.9 Å². The smallest absolute Gasteiger partial charge is 0.320 e. The van der Waals surface area contributed by atoms with Gasteiger partial charge in [0.1, 0.15) is 23.9 Å². The van der Waals surface area contributed by atoms with Crippen LogP contribution in [-0.2, 0) is 12.0 Å². The average Bonchev–Trinajstić information content (AvgIpc) is 3.73. The van der Waals surface area contributed by atoms with Gasteiger partial charge in [0.25, 0.3) is 0 Å². The number of aromatic hydroxyl groups is 1. The van der Waals surface area contributed by atoms with Crippen LogP contribution >= 0.6 is 35.1 Å². The Morgan fingerprint density at radius 3 is 2.62 bits per heavy atom. The maximum atomic E-state index is 13.3. The number of fused-ring (bicyclic) bond motifs is 1. The molecular formula is C36H36ClN7O4S2. The third-order valence-corrected chi connectivity index (χ3v) is 10.2. The molecule has 0 saturated carbocycles. The van der Waals surface area contributed by atoms with Crippen molar-refractivity contribution in [3.63, 3.8) is 0 Å². The first-order valence-corrected chi connectivity index (χ1v) is 18.3. The van der Waals surface area contributed by atoms with Crippen LogP contribution in [-0.4, -0.2) is 65.8 Å². The van der Waals surface area contributed by atoms with Crippen LogP contribution in [0, 0.1) is 0 Å². The van der Waals surface area contributed by atoms with Crippen molar-refractivity contribution in [3.8, 4) is 28.6 Å². The van der Waals surface area contributed by atoms with Crippen molar-refractivity contribution in [3.05, 3.63) is 107 Å². The normalized spacial score (nSPS) is 11.5. The minimum atomic E-state index is -0.400. The molecule has 3 aromatic carbocycles. The Kier molecular flexibility index (Phi) is 10.9. The number of anilines is 1. The molecule has 6 rings (SSSR count). The number of nitrogens with one attached hydrogen (secondary N) is 2. The molecule has 2 amide bonds. The summed E-state index contributed by atoms with van der Waals surface area (Å²) >= 11 is 9.50. The molecule has 0 atom stereocenters. The van der Waals surface area contributed by atoms with Crippen LogP contribution in [0.15, 0.2) is 101 Å². The number of carbonyl (C=O) groups excluding carboxylic acids is 1. The predicted molar refractivity (Wildman–Crippen MR) is 199 cm³/mol. The number of aliphatic hydroxyl groups excluding tert-OH is 1. The number of phenols is 1. The van der Waals surface area contributed by atoms with Crippen molar-refractivity contribution in [1.82, 2.24) is 29.7 Å². The van der Waals surface area contributed by atoms with Gasteiger partial charge in [0.15, 0.2) is 11.5 Å². The van der Waals surface area contributed by atoms with Crippen molar-refractivity contribution in [2.45, 2.75) is 35.6 Å². The number of phenolic OH excluding ortho intramolecular Hbond substituents is 1. The number of ether oxygens (including phenoxy) is 1. The van der Waals surface area contributed by atoms with E-state index in [0.29, 0.717) is 28.7 Å². The minimum absolute atomic E-state index is 0.0366. The van der Waals surface area contributed by atoms with Crippen molar-refractivity contribution in [2.75, 3.05) is 30.5 Å². The van der Waals surface area contributed by atoms with E-state index in [1.807, 2.05) is 83.6 Å². The lowest BCUT2D eigenvalue weighted by molar-refractivity contribution is 0.202. The molecule has 3 aromatic heterocycles. The fourth-order valence-corrected chi connectivity index (χ4v) is 7.33. The number of rotatable bonds is 13. The highest BCUT2D eigenvalue weighted by Gasteiger charge is 2.26. The lowest BCUT2D eigenvalue weighted by atomic mass is 9.92. The van der Waals surface area contributed by atoms with Gasteiger partial charge >= 0.3 is 6.03 Å². The number of hydrogen-bond donors (Lipinski definition) is 4. The summed E-state index contributed by atoms with van der Waals surface area (Å²) in [5.41, 5.74) is 3.53. The third-order valence-electron chi connectivity index (χ3n) is 7.82. The molecule has 0 spiro atoms. The zero-order chi connectivity index (χ0) is 35.3. The van der Waals surface area contributed by atoms with Crippen LogP contribution < -0.4 is 15.4 Å². The first-order valence-electron chi connectivity index (χ1n) is 15.7. The molecular weight excluding hydrogens is 694 g/mol. The zero-order valence-corrected chi connectivity index (χ0v) is 30.0. The van der Waals surface area contributed by atoms with Crippen LogP contribution in [0.4, 0.5) is 10.6 Å². The minimum Gasteiger partial charge on any atom is -0.506 e. The van der Waals surface area contributed by atoms with E-state index >= 15 is 0 Å². The number of para-hydroxylation sites is 1. The summed E-state index contributed by atoms with van der Waals surface area (Å²) in [5, 5.41) is 39.0. The van der Waals surface area contributed by atoms with Gasteiger partial charge in [-0.1, -0.05) is 67.5 Å². The molecule has 0 fully saturated rings. The summed E-state index contributed by atoms with van der Waals surface area (Å²) < 4.78 is 9.29. The SMILES string of the molecule is CSCC(C)(C)c1cc(NC(=O)NCc2ccccc2Sc2ccc3nnc(-c4ccccc4OCCO)n3c2)n(-c2ccc(O)c(Cl)c2)n1. The number of thioether (sulfide) groups is 1. The van der Waals surface area contributed by atoms with E-state index in [9.17, 15) is 15.0 Å². The van der Waals surface area contributed by atoms with Gasteiger partial charge in [0.05, 0.1) is 28.6 Å². The molecule has 14 heteroatoms. The van der Waals surface area contributed by atoms with Crippen LogP contribution in [0.25, 0.3) is 22.7 Å². The van der Waals surface area contributed by atoms with Crippen molar-refractivity contribution in [1.29, 1.82) is 0 Å². The van der Waals surface area contributed by atoms with Crippen molar-refractivity contribution >= 4 is 52.6 Å². The largest absolute Gasteiger partial charge is 0.506 e. The number of aliphatic hydroxyl groups is 1. The Balaban J connectivity index is 1.20. The Hall–Kier alpha value is -4.69. The molecule has 0 saturated heterocycles. The zero-order valence-electron chi connectivity index (χ0n) is 27.6. The second-order valence-corrected chi connectivity index (χ2v) is 14.4. The van der Waals surface area contributed by atoms with Gasteiger partial charge in [-0.25, -0.2) is 9.48 Å². The van der Waals surface area contributed by atoms with E-state index in [1.165, 1.54) is 6.07 Å². The number of halogens is 1. The van der Waals surface area contributed by atoms with Gasteiger partial charge in [-0.05, 0) is 60.4 Å². The second-order valence-electron chi connectivity index (χ2n) is 12.0. The highest BCUT2D eigenvalue weighted by atomic mass is 35.5. The fourth-order valence-electron chi connectivity index (χ4n) is 5.32. The highest BCUT2D eigenvalue weighted by Crippen LogP contribution is 2.34. The molecule has 0 bridgehead atoms. The van der Waals surface area contributed by atoms with Crippen molar-refractivity contribution in [2.24, 2.45) is 0 Å². The summed E-state index contributed by atoms with van der Waals surface area (Å²) in [6, 6.07) is 25.6. The Labute approximate surface area is 303 Å². The van der Waals surface area contributed by atoms with Gasteiger partial charge in [-0.15, -0.1) is 10.2 Å². The fraction of sp³-hybridized carbons (Fsp3) is 0.222. The number of aromatic nitrogens is 5. The summed E-state index contributed by atoms with van der Waals surface area (Å²) in [7, 11) is 0.